The summed E-state index contributed by atoms with van der Waals surface area (Å²) in [6, 6.07) is 11.8. The highest BCUT2D eigenvalue weighted by atomic mass is 32.1. The molecule has 8 heteroatoms. The first-order valence-electron chi connectivity index (χ1n) is 11.0. The third-order valence-corrected chi connectivity index (χ3v) is 7.66. The van der Waals surface area contributed by atoms with Crippen molar-refractivity contribution in [1.82, 2.24) is 15.2 Å². The molecule has 3 aromatic rings. The lowest BCUT2D eigenvalue weighted by Crippen LogP contribution is -2.45. The van der Waals surface area contributed by atoms with Crippen LogP contribution < -0.4 is 11.1 Å². The standard InChI is InChI=1S/C25H25FN4O2S/c1-13-5-3-8-19(14(13)2)23(31)28-12-18-10-16-11-20(16)30(18)24(32)21-22(33-25(27)29-21)15-6-4-7-17(26)9-15/h3-9,16,18,20H,10-12H2,1-2H3,(H2,27,29)(H,28,31)/t16-,18+,20?/m1/s1. The van der Waals surface area contributed by atoms with Crippen LogP contribution in [0, 0.1) is 25.6 Å². The molecule has 1 aliphatic carbocycles. The molecule has 1 unspecified atom stereocenters. The Balaban J connectivity index is 1.36. The van der Waals surface area contributed by atoms with E-state index >= 15 is 0 Å². The van der Waals surface area contributed by atoms with Crippen LogP contribution in [-0.4, -0.2) is 40.3 Å². The maximum Gasteiger partial charge on any atom is 0.274 e. The van der Waals surface area contributed by atoms with Crippen molar-refractivity contribution < 1.29 is 14.0 Å². The molecule has 0 radical (unpaired) electrons. The summed E-state index contributed by atoms with van der Waals surface area (Å²) >= 11 is 1.18. The van der Waals surface area contributed by atoms with E-state index in [1.807, 2.05) is 36.9 Å². The number of aromatic nitrogens is 1. The van der Waals surface area contributed by atoms with Gasteiger partial charge in [-0.2, -0.15) is 0 Å². The van der Waals surface area contributed by atoms with Gasteiger partial charge in [0.1, 0.15) is 11.5 Å². The third kappa shape index (κ3) is 3.99. The summed E-state index contributed by atoms with van der Waals surface area (Å²) in [5, 5.41) is 3.29. The van der Waals surface area contributed by atoms with Crippen LogP contribution in [0.25, 0.3) is 10.4 Å². The fourth-order valence-electron chi connectivity index (χ4n) is 4.79. The molecular weight excluding hydrogens is 439 g/mol. The number of benzene rings is 2. The van der Waals surface area contributed by atoms with Gasteiger partial charge in [-0.3, -0.25) is 9.59 Å². The van der Waals surface area contributed by atoms with Gasteiger partial charge in [-0.25, -0.2) is 9.37 Å². The van der Waals surface area contributed by atoms with Gasteiger partial charge in [0.15, 0.2) is 5.13 Å². The van der Waals surface area contributed by atoms with Crippen molar-refractivity contribution in [3.05, 3.63) is 70.7 Å². The molecule has 0 spiro atoms. The molecule has 1 saturated carbocycles. The van der Waals surface area contributed by atoms with E-state index in [1.54, 1.807) is 12.1 Å². The number of nitrogens with two attached hydrogens (primary N) is 1. The summed E-state index contributed by atoms with van der Waals surface area (Å²) in [6.07, 6.45) is 1.81. The van der Waals surface area contributed by atoms with Crippen molar-refractivity contribution in [2.75, 3.05) is 12.3 Å². The molecule has 1 aromatic heterocycles. The normalized spacial score (nSPS) is 21.1. The second kappa shape index (κ2) is 8.26. The zero-order valence-electron chi connectivity index (χ0n) is 18.5. The maximum absolute atomic E-state index is 13.8. The first-order chi connectivity index (χ1) is 15.8. The van der Waals surface area contributed by atoms with Gasteiger partial charge in [-0.15, -0.1) is 0 Å². The zero-order valence-corrected chi connectivity index (χ0v) is 19.3. The Morgan fingerprint density at radius 1 is 1.21 bits per heavy atom. The van der Waals surface area contributed by atoms with Crippen LogP contribution in [0.3, 0.4) is 0 Å². The Kier molecular flexibility index (Phi) is 5.40. The van der Waals surface area contributed by atoms with E-state index < -0.39 is 0 Å². The predicted octanol–water partition coefficient (Wildman–Crippen LogP) is 4.18. The molecule has 2 aliphatic rings. The van der Waals surface area contributed by atoms with Crippen molar-refractivity contribution in [2.45, 2.75) is 38.8 Å². The van der Waals surface area contributed by atoms with Crippen molar-refractivity contribution in [3.63, 3.8) is 0 Å². The number of halogens is 1. The van der Waals surface area contributed by atoms with Gasteiger partial charge in [-0.1, -0.05) is 35.6 Å². The number of nitrogens with one attached hydrogen (secondary N) is 1. The highest BCUT2D eigenvalue weighted by molar-refractivity contribution is 7.19. The summed E-state index contributed by atoms with van der Waals surface area (Å²) in [5.74, 6) is -0.279. The summed E-state index contributed by atoms with van der Waals surface area (Å²) in [4.78, 5) is 33.1. The Morgan fingerprint density at radius 2 is 2.00 bits per heavy atom. The quantitative estimate of drug-likeness (QED) is 0.593. The molecule has 3 atom stereocenters. The number of thiazole rings is 1. The van der Waals surface area contributed by atoms with Crippen LogP contribution in [-0.2, 0) is 0 Å². The van der Waals surface area contributed by atoms with Gasteiger partial charge in [0, 0.05) is 18.2 Å². The number of amides is 2. The second-order valence-corrected chi connectivity index (χ2v) is 9.89. The summed E-state index contributed by atoms with van der Waals surface area (Å²) < 4.78 is 13.8. The molecule has 2 heterocycles. The SMILES string of the molecule is Cc1cccc(C(=O)NC[C@@H]2C[C@@H]3CC3N2C(=O)c2nc(N)sc2-c2cccc(F)c2)c1C. The number of hydrogen-bond donors (Lipinski definition) is 2. The summed E-state index contributed by atoms with van der Waals surface area (Å²) in [5.41, 5.74) is 9.45. The molecule has 2 amide bonds. The number of carbonyl (C=O) groups excluding carboxylic acids is 2. The number of anilines is 1. The lowest BCUT2D eigenvalue weighted by molar-refractivity contribution is 0.0684. The summed E-state index contributed by atoms with van der Waals surface area (Å²) in [7, 11) is 0. The number of likely N-dealkylation sites (tertiary alicyclic amines) is 1. The lowest BCUT2D eigenvalue weighted by Gasteiger charge is -2.27. The molecular formula is C25H25FN4O2S. The van der Waals surface area contributed by atoms with Crippen LogP contribution in [0.4, 0.5) is 9.52 Å². The Morgan fingerprint density at radius 3 is 2.79 bits per heavy atom. The minimum absolute atomic E-state index is 0.112. The van der Waals surface area contributed by atoms with Gasteiger partial charge in [-0.05, 0) is 67.5 Å². The van der Waals surface area contributed by atoms with E-state index in [2.05, 4.69) is 10.3 Å². The molecule has 1 aliphatic heterocycles. The first-order valence-corrected chi connectivity index (χ1v) is 11.8. The number of nitrogens with zero attached hydrogens (tertiary/aromatic N) is 2. The van der Waals surface area contributed by atoms with E-state index in [-0.39, 0.29) is 40.5 Å². The average molecular weight is 465 g/mol. The number of nitrogen functional groups attached to an aromatic ring is 1. The number of rotatable bonds is 5. The van der Waals surface area contributed by atoms with E-state index in [0.29, 0.717) is 28.5 Å². The van der Waals surface area contributed by atoms with Crippen LogP contribution in [0.15, 0.2) is 42.5 Å². The molecule has 6 nitrogen and oxygen atoms in total. The molecule has 3 N–H and O–H groups in total. The van der Waals surface area contributed by atoms with Crippen LogP contribution in [0.5, 0.6) is 0 Å². The van der Waals surface area contributed by atoms with Crippen molar-refractivity contribution in [2.24, 2.45) is 5.92 Å². The zero-order chi connectivity index (χ0) is 23.3. The monoisotopic (exact) mass is 464 g/mol. The summed E-state index contributed by atoms with van der Waals surface area (Å²) in [6.45, 7) is 4.29. The molecule has 2 fully saturated rings. The highest BCUT2D eigenvalue weighted by Crippen LogP contribution is 2.49. The maximum atomic E-state index is 13.8. The highest BCUT2D eigenvalue weighted by Gasteiger charge is 2.54. The second-order valence-electron chi connectivity index (χ2n) is 8.86. The molecule has 2 aromatic carbocycles. The van der Waals surface area contributed by atoms with Gasteiger partial charge in [0.2, 0.25) is 0 Å². The predicted molar refractivity (Wildman–Crippen MR) is 127 cm³/mol. The topological polar surface area (TPSA) is 88.3 Å². The Hall–Kier alpha value is -3.26. The number of piperidine rings is 1. The van der Waals surface area contributed by atoms with Crippen LogP contribution >= 0.6 is 11.3 Å². The van der Waals surface area contributed by atoms with Gasteiger partial charge < -0.3 is 16.0 Å². The van der Waals surface area contributed by atoms with Gasteiger partial charge in [0.05, 0.1) is 10.9 Å². The van der Waals surface area contributed by atoms with Crippen LogP contribution in [0.1, 0.15) is 44.8 Å². The molecule has 33 heavy (non-hydrogen) atoms. The van der Waals surface area contributed by atoms with Crippen molar-refractivity contribution in [1.29, 1.82) is 0 Å². The lowest BCUT2D eigenvalue weighted by atomic mass is 10.0. The fourth-order valence-corrected chi connectivity index (χ4v) is 5.61. The molecule has 0 bridgehead atoms. The number of fused-ring (bicyclic) bond motifs is 1. The Labute approximate surface area is 195 Å². The van der Waals surface area contributed by atoms with Crippen molar-refractivity contribution in [3.8, 4) is 10.4 Å². The Bertz CT molecular complexity index is 1260. The van der Waals surface area contributed by atoms with Gasteiger partial charge >= 0.3 is 0 Å². The average Bonchev–Trinajstić information content (AvgIpc) is 3.27. The number of hydrogen-bond acceptors (Lipinski definition) is 5. The molecule has 5 rings (SSSR count). The third-order valence-electron chi connectivity index (χ3n) is 6.73. The molecule has 1 saturated heterocycles. The first kappa shape index (κ1) is 21.6. The minimum Gasteiger partial charge on any atom is -0.375 e. The number of carbonyl (C=O) groups is 2. The van der Waals surface area contributed by atoms with E-state index in [4.69, 9.17) is 5.73 Å². The van der Waals surface area contributed by atoms with Crippen LogP contribution in [0.2, 0.25) is 0 Å². The van der Waals surface area contributed by atoms with E-state index in [1.165, 1.54) is 23.5 Å². The van der Waals surface area contributed by atoms with Gasteiger partial charge in [0.25, 0.3) is 11.8 Å². The van der Waals surface area contributed by atoms with E-state index in [0.717, 1.165) is 24.0 Å². The minimum atomic E-state index is -0.381. The van der Waals surface area contributed by atoms with E-state index in [9.17, 15) is 14.0 Å². The fraction of sp³-hybridized carbons (Fsp3) is 0.320. The molecule has 170 valence electrons. The van der Waals surface area contributed by atoms with Crippen molar-refractivity contribution >= 4 is 28.3 Å². The number of aryl methyl sites for hydroxylation is 1. The smallest absolute Gasteiger partial charge is 0.274 e. The largest absolute Gasteiger partial charge is 0.375 e.